The summed E-state index contributed by atoms with van der Waals surface area (Å²) < 4.78 is 34.8. The third-order valence-electron chi connectivity index (χ3n) is 4.44. The summed E-state index contributed by atoms with van der Waals surface area (Å²) in [6, 6.07) is 8.50. The van der Waals surface area contributed by atoms with Crippen molar-refractivity contribution < 1.29 is 17.9 Å². The van der Waals surface area contributed by atoms with Gasteiger partial charge in [-0.05, 0) is 18.2 Å². The molecular formula is C18H19N3O4S. The molecule has 0 spiro atoms. The van der Waals surface area contributed by atoms with Gasteiger partial charge in [0, 0.05) is 30.9 Å². The third-order valence-corrected chi connectivity index (χ3v) is 5.57. The van der Waals surface area contributed by atoms with E-state index in [1.165, 1.54) is 6.26 Å². The van der Waals surface area contributed by atoms with Crippen LogP contribution in [0.5, 0.6) is 5.88 Å². The minimum atomic E-state index is -3.24. The number of pyridine rings is 1. The Bertz CT molecular complexity index is 1020. The van der Waals surface area contributed by atoms with Crippen LogP contribution < -0.4 is 4.74 Å². The van der Waals surface area contributed by atoms with Crippen LogP contribution in [-0.4, -0.2) is 49.2 Å². The fourth-order valence-corrected chi connectivity index (χ4v) is 3.68. The molecule has 1 aliphatic heterocycles. The van der Waals surface area contributed by atoms with Crippen molar-refractivity contribution in [3.8, 4) is 17.1 Å². The maximum absolute atomic E-state index is 11.7. The number of hydrogen-bond acceptors (Lipinski definition) is 6. The Labute approximate surface area is 151 Å². The molecule has 0 unspecified atom stereocenters. The second kappa shape index (κ2) is 6.69. The van der Waals surface area contributed by atoms with Crippen molar-refractivity contribution in [2.45, 2.75) is 23.8 Å². The molecule has 7 nitrogen and oxygen atoms in total. The van der Waals surface area contributed by atoms with Crippen molar-refractivity contribution in [3.05, 3.63) is 36.5 Å². The van der Waals surface area contributed by atoms with Crippen molar-refractivity contribution in [2.24, 2.45) is 0 Å². The van der Waals surface area contributed by atoms with Crippen molar-refractivity contribution >= 4 is 20.7 Å². The Morgan fingerprint density at radius 2 is 1.88 bits per heavy atom. The molecule has 0 saturated carbocycles. The van der Waals surface area contributed by atoms with Gasteiger partial charge >= 0.3 is 0 Å². The molecule has 1 N–H and O–H groups in total. The normalized spacial score (nSPS) is 16.0. The van der Waals surface area contributed by atoms with Crippen LogP contribution in [0.25, 0.3) is 22.2 Å². The lowest BCUT2D eigenvalue weighted by Gasteiger charge is -2.23. The second-order valence-electron chi connectivity index (χ2n) is 6.34. The first-order chi connectivity index (χ1) is 12.5. The molecule has 1 aliphatic rings. The Kier molecular flexibility index (Phi) is 4.37. The minimum absolute atomic E-state index is 0.0669. The maximum Gasteiger partial charge on any atom is 0.225 e. The smallest absolute Gasteiger partial charge is 0.225 e. The second-order valence-corrected chi connectivity index (χ2v) is 8.35. The van der Waals surface area contributed by atoms with Gasteiger partial charge in [0.15, 0.2) is 9.84 Å². The van der Waals surface area contributed by atoms with Crippen LogP contribution >= 0.6 is 0 Å². The average Bonchev–Trinajstić information content (AvgIpc) is 3.07. The molecule has 0 bridgehead atoms. The molecule has 3 heterocycles. The van der Waals surface area contributed by atoms with Gasteiger partial charge in [-0.15, -0.1) is 0 Å². The highest BCUT2D eigenvalue weighted by molar-refractivity contribution is 7.90. The number of aromatic nitrogens is 3. The molecule has 0 aliphatic carbocycles. The molecule has 0 atom stereocenters. The van der Waals surface area contributed by atoms with Gasteiger partial charge in [0.1, 0.15) is 11.8 Å². The van der Waals surface area contributed by atoms with E-state index in [2.05, 4.69) is 15.2 Å². The summed E-state index contributed by atoms with van der Waals surface area (Å²) in [6.45, 7) is 1.37. The Hall–Kier alpha value is -2.45. The summed E-state index contributed by atoms with van der Waals surface area (Å²) in [6.07, 6.45) is 4.60. The summed E-state index contributed by atoms with van der Waals surface area (Å²) in [4.78, 5) is 4.67. The summed E-state index contributed by atoms with van der Waals surface area (Å²) in [5, 5.41) is 8.19. The SMILES string of the molecule is CS(=O)(=O)c1ccc(-c2n[nH]c3ccnc(OC4CCOCC4)c23)cc1. The molecule has 136 valence electrons. The van der Waals surface area contributed by atoms with Crippen LogP contribution in [0.3, 0.4) is 0 Å². The van der Waals surface area contributed by atoms with Gasteiger partial charge in [-0.25, -0.2) is 13.4 Å². The highest BCUT2D eigenvalue weighted by Gasteiger charge is 2.20. The number of hydrogen-bond donors (Lipinski definition) is 1. The van der Waals surface area contributed by atoms with Gasteiger partial charge in [-0.2, -0.15) is 5.10 Å². The highest BCUT2D eigenvalue weighted by Crippen LogP contribution is 2.33. The number of rotatable bonds is 4. The van der Waals surface area contributed by atoms with E-state index in [9.17, 15) is 8.42 Å². The van der Waals surface area contributed by atoms with Crippen molar-refractivity contribution in [2.75, 3.05) is 19.5 Å². The predicted octanol–water partition coefficient (Wildman–Crippen LogP) is 2.59. The Balaban J connectivity index is 1.73. The van der Waals surface area contributed by atoms with Crippen LogP contribution in [-0.2, 0) is 14.6 Å². The number of sulfone groups is 1. The number of benzene rings is 1. The van der Waals surface area contributed by atoms with Gasteiger partial charge in [-0.3, -0.25) is 5.10 Å². The van der Waals surface area contributed by atoms with E-state index < -0.39 is 9.84 Å². The monoisotopic (exact) mass is 373 g/mol. The van der Waals surface area contributed by atoms with E-state index in [1.807, 2.05) is 6.07 Å². The maximum atomic E-state index is 11.7. The molecule has 0 radical (unpaired) electrons. The van der Waals surface area contributed by atoms with Gasteiger partial charge in [0.05, 0.1) is 29.0 Å². The van der Waals surface area contributed by atoms with Crippen LogP contribution in [0.1, 0.15) is 12.8 Å². The van der Waals surface area contributed by atoms with Crippen LogP contribution in [0, 0.1) is 0 Å². The van der Waals surface area contributed by atoms with Crippen LogP contribution in [0.4, 0.5) is 0 Å². The van der Waals surface area contributed by atoms with E-state index in [4.69, 9.17) is 9.47 Å². The first kappa shape index (κ1) is 17.0. The third kappa shape index (κ3) is 3.30. The molecule has 1 saturated heterocycles. The van der Waals surface area contributed by atoms with Gasteiger partial charge in [0.2, 0.25) is 5.88 Å². The largest absolute Gasteiger partial charge is 0.474 e. The lowest BCUT2D eigenvalue weighted by atomic mass is 10.1. The van der Waals surface area contributed by atoms with E-state index in [1.54, 1.807) is 30.5 Å². The quantitative estimate of drug-likeness (QED) is 0.755. The van der Waals surface area contributed by atoms with Crippen LogP contribution in [0.2, 0.25) is 0 Å². The van der Waals surface area contributed by atoms with Crippen molar-refractivity contribution in [1.82, 2.24) is 15.2 Å². The lowest BCUT2D eigenvalue weighted by molar-refractivity contribution is 0.0244. The molecule has 8 heteroatoms. The molecule has 1 fully saturated rings. The zero-order valence-electron chi connectivity index (χ0n) is 14.3. The first-order valence-electron chi connectivity index (χ1n) is 8.40. The van der Waals surface area contributed by atoms with Gasteiger partial charge in [-0.1, -0.05) is 12.1 Å². The highest BCUT2D eigenvalue weighted by atomic mass is 32.2. The fraction of sp³-hybridized carbons (Fsp3) is 0.333. The average molecular weight is 373 g/mol. The molecule has 26 heavy (non-hydrogen) atoms. The number of ether oxygens (including phenoxy) is 2. The number of fused-ring (bicyclic) bond motifs is 1. The molecule has 3 aromatic rings. The zero-order valence-corrected chi connectivity index (χ0v) is 15.1. The van der Waals surface area contributed by atoms with E-state index in [0.29, 0.717) is 24.8 Å². The summed E-state index contributed by atoms with van der Waals surface area (Å²) in [5.41, 5.74) is 2.31. The zero-order chi connectivity index (χ0) is 18.1. The lowest BCUT2D eigenvalue weighted by Crippen LogP contribution is -2.26. The van der Waals surface area contributed by atoms with Gasteiger partial charge in [0.25, 0.3) is 0 Å². The van der Waals surface area contributed by atoms with Crippen molar-refractivity contribution in [3.63, 3.8) is 0 Å². The topological polar surface area (TPSA) is 94.2 Å². The summed E-state index contributed by atoms with van der Waals surface area (Å²) in [7, 11) is -3.24. The molecule has 0 amide bonds. The Morgan fingerprint density at radius 1 is 1.15 bits per heavy atom. The Morgan fingerprint density at radius 3 is 2.58 bits per heavy atom. The van der Waals surface area contributed by atoms with Crippen LogP contribution in [0.15, 0.2) is 41.4 Å². The van der Waals surface area contributed by atoms with E-state index >= 15 is 0 Å². The number of H-pyrrole nitrogens is 1. The predicted molar refractivity (Wildman–Crippen MR) is 96.9 cm³/mol. The molecule has 2 aromatic heterocycles. The summed E-state index contributed by atoms with van der Waals surface area (Å²) >= 11 is 0. The summed E-state index contributed by atoms with van der Waals surface area (Å²) in [5.74, 6) is 0.533. The molecule has 1 aromatic carbocycles. The number of aromatic amines is 1. The minimum Gasteiger partial charge on any atom is -0.474 e. The molecule has 4 rings (SSSR count). The fourth-order valence-electron chi connectivity index (χ4n) is 3.05. The van der Waals surface area contributed by atoms with E-state index in [-0.39, 0.29) is 11.0 Å². The van der Waals surface area contributed by atoms with Crippen molar-refractivity contribution in [1.29, 1.82) is 0 Å². The first-order valence-corrected chi connectivity index (χ1v) is 10.3. The number of nitrogens with zero attached hydrogens (tertiary/aromatic N) is 2. The molecular weight excluding hydrogens is 354 g/mol. The standard InChI is InChI=1S/C18H19N3O4S/c1-26(22,23)14-4-2-12(3-5-14)17-16-15(20-21-17)6-9-19-18(16)25-13-7-10-24-11-8-13/h2-6,9,13H,7-8,10-11H2,1H3,(H,20,21). The van der Waals surface area contributed by atoms with Gasteiger partial charge < -0.3 is 9.47 Å². The number of nitrogens with one attached hydrogen (secondary N) is 1. The van der Waals surface area contributed by atoms with E-state index in [0.717, 1.165) is 29.3 Å².